The van der Waals surface area contributed by atoms with Crippen LogP contribution in [0.5, 0.6) is 0 Å². The largest absolute Gasteiger partial charge is 0.346 e. The van der Waals surface area contributed by atoms with Gasteiger partial charge in [-0.25, -0.2) is 35.8 Å². The van der Waals surface area contributed by atoms with Crippen molar-refractivity contribution in [3.8, 4) is 11.4 Å². The summed E-state index contributed by atoms with van der Waals surface area (Å²) in [5.41, 5.74) is 0.150. The molecule has 1 heterocycles. The molecule has 1 aromatic heterocycles. The Morgan fingerprint density at radius 3 is 2.33 bits per heavy atom. The van der Waals surface area contributed by atoms with Crippen molar-refractivity contribution in [1.82, 2.24) is 19.1 Å². The molecule has 3 aromatic rings. The van der Waals surface area contributed by atoms with Gasteiger partial charge in [0.2, 0.25) is 10.0 Å². The van der Waals surface area contributed by atoms with Gasteiger partial charge in [-0.05, 0) is 49.2 Å². The highest BCUT2D eigenvalue weighted by Crippen LogP contribution is 2.36. The summed E-state index contributed by atoms with van der Waals surface area (Å²) in [4.78, 5) is 12.1. The first kappa shape index (κ1) is 20.4. The summed E-state index contributed by atoms with van der Waals surface area (Å²) in [5, 5.41) is 4.28. The van der Waals surface area contributed by atoms with Gasteiger partial charge >= 0.3 is 5.69 Å². The third-order valence-electron chi connectivity index (χ3n) is 4.68. The minimum Gasteiger partial charge on any atom is -0.272 e. The molecule has 30 heavy (non-hydrogen) atoms. The first-order chi connectivity index (χ1) is 14.3. The van der Waals surface area contributed by atoms with E-state index in [0.717, 1.165) is 29.7 Å². The third kappa shape index (κ3) is 4.03. The summed E-state index contributed by atoms with van der Waals surface area (Å²) in [6.45, 7) is -0.335. The number of benzene rings is 2. The van der Waals surface area contributed by atoms with Crippen molar-refractivity contribution in [1.29, 1.82) is 0 Å². The zero-order valence-electron chi connectivity index (χ0n) is 15.6. The molecular formula is C19H17F3N4O3S. The smallest absolute Gasteiger partial charge is 0.272 e. The maximum Gasteiger partial charge on any atom is 0.346 e. The Labute approximate surface area is 169 Å². The lowest BCUT2D eigenvalue weighted by Gasteiger charge is -2.07. The number of halogens is 3. The zero-order chi connectivity index (χ0) is 21.5. The van der Waals surface area contributed by atoms with E-state index in [-0.39, 0.29) is 19.1 Å². The molecular weight excluding hydrogens is 421 g/mol. The van der Waals surface area contributed by atoms with Crippen LogP contribution < -0.4 is 10.4 Å². The van der Waals surface area contributed by atoms with Crippen LogP contribution in [0.1, 0.15) is 18.9 Å². The summed E-state index contributed by atoms with van der Waals surface area (Å²) < 4.78 is 69.3. The van der Waals surface area contributed by atoms with Crippen LogP contribution in [-0.2, 0) is 16.6 Å². The molecule has 0 aliphatic heterocycles. The number of aromatic nitrogens is 3. The van der Waals surface area contributed by atoms with Crippen LogP contribution in [0.4, 0.5) is 13.2 Å². The standard InChI is InChI=1S/C19H17F3N4O3S/c20-13-3-1-12(2-4-13)18-24-25(19(27)26(18)15-6-7-15)10-9-23-30(28,29)17-8-5-14(21)11-16(17)22/h1-5,8,11,15,23H,6-7,9-10H2. The van der Waals surface area contributed by atoms with Crippen molar-refractivity contribution in [3.63, 3.8) is 0 Å². The van der Waals surface area contributed by atoms with E-state index in [0.29, 0.717) is 17.5 Å². The second-order valence-electron chi connectivity index (χ2n) is 6.91. The minimum atomic E-state index is -4.24. The number of rotatable bonds is 7. The Morgan fingerprint density at radius 2 is 1.70 bits per heavy atom. The van der Waals surface area contributed by atoms with Crippen molar-refractivity contribution in [2.45, 2.75) is 30.3 Å². The minimum absolute atomic E-state index is 0.00342. The average molecular weight is 438 g/mol. The zero-order valence-corrected chi connectivity index (χ0v) is 16.4. The number of hydrogen-bond donors (Lipinski definition) is 1. The topological polar surface area (TPSA) is 86.0 Å². The summed E-state index contributed by atoms with van der Waals surface area (Å²) >= 11 is 0. The van der Waals surface area contributed by atoms with Crippen LogP contribution in [0.15, 0.2) is 52.2 Å². The number of hydrogen-bond acceptors (Lipinski definition) is 4. The van der Waals surface area contributed by atoms with E-state index in [2.05, 4.69) is 9.82 Å². The van der Waals surface area contributed by atoms with Gasteiger partial charge in [0.15, 0.2) is 5.82 Å². The highest BCUT2D eigenvalue weighted by molar-refractivity contribution is 7.89. The molecule has 2 aromatic carbocycles. The first-order valence-corrected chi connectivity index (χ1v) is 10.6. The molecule has 7 nitrogen and oxygen atoms in total. The van der Waals surface area contributed by atoms with Crippen LogP contribution in [0, 0.1) is 17.5 Å². The number of nitrogens with zero attached hydrogens (tertiary/aromatic N) is 3. The van der Waals surface area contributed by atoms with Crippen molar-refractivity contribution in [2.24, 2.45) is 0 Å². The quantitative estimate of drug-likeness (QED) is 0.614. The van der Waals surface area contributed by atoms with Crippen LogP contribution in [0.25, 0.3) is 11.4 Å². The SMILES string of the molecule is O=c1n(CCNS(=O)(=O)c2ccc(F)cc2F)nc(-c2ccc(F)cc2)n1C1CC1. The Hall–Kier alpha value is -2.92. The maximum absolute atomic E-state index is 13.8. The van der Waals surface area contributed by atoms with E-state index < -0.39 is 38.1 Å². The molecule has 0 saturated heterocycles. The molecule has 1 fully saturated rings. The summed E-state index contributed by atoms with van der Waals surface area (Å²) in [6.07, 6.45) is 1.63. The van der Waals surface area contributed by atoms with E-state index >= 15 is 0 Å². The number of sulfonamides is 1. The molecule has 158 valence electrons. The van der Waals surface area contributed by atoms with E-state index in [4.69, 9.17) is 0 Å². The molecule has 1 N–H and O–H groups in total. The Morgan fingerprint density at radius 1 is 1.03 bits per heavy atom. The molecule has 0 radical (unpaired) electrons. The lowest BCUT2D eigenvalue weighted by molar-refractivity contribution is 0.531. The summed E-state index contributed by atoms with van der Waals surface area (Å²) in [7, 11) is -4.24. The Balaban J connectivity index is 1.55. The van der Waals surface area contributed by atoms with Gasteiger partial charge in [0, 0.05) is 24.2 Å². The molecule has 1 aliphatic rings. The Bertz CT molecular complexity index is 1250. The van der Waals surface area contributed by atoms with Crippen molar-refractivity contribution in [2.75, 3.05) is 6.54 Å². The van der Waals surface area contributed by atoms with Crippen LogP contribution in [-0.4, -0.2) is 29.3 Å². The second kappa shape index (κ2) is 7.73. The highest BCUT2D eigenvalue weighted by Gasteiger charge is 2.30. The molecule has 0 spiro atoms. The lowest BCUT2D eigenvalue weighted by Crippen LogP contribution is -2.32. The van der Waals surface area contributed by atoms with Crippen molar-refractivity contribution < 1.29 is 21.6 Å². The fraction of sp³-hybridized carbons (Fsp3) is 0.263. The molecule has 0 atom stereocenters. The monoisotopic (exact) mass is 438 g/mol. The van der Waals surface area contributed by atoms with Crippen molar-refractivity contribution in [3.05, 3.63) is 70.4 Å². The normalized spacial score (nSPS) is 14.2. The summed E-state index contributed by atoms with van der Waals surface area (Å²) in [5.74, 6) is -2.15. The molecule has 1 saturated carbocycles. The van der Waals surface area contributed by atoms with Gasteiger partial charge < -0.3 is 0 Å². The highest BCUT2D eigenvalue weighted by atomic mass is 32.2. The maximum atomic E-state index is 13.8. The van der Waals surface area contributed by atoms with Crippen LogP contribution in [0.2, 0.25) is 0 Å². The average Bonchev–Trinajstić information content (AvgIpc) is 3.46. The van der Waals surface area contributed by atoms with Crippen LogP contribution >= 0.6 is 0 Å². The fourth-order valence-corrected chi connectivity index (χ4v) is 4.16. The van der Waals surface area contributed by atoms with Crippen molar-refractivity contribution >= 4 is 10.0 Å². The number of nitrogens with one attached hydrogen (secondary N) is 1. The fourth-order valence-electron chi connectivity index (χ4n) is 3.08. The molecule has 0 bridgehead atoms. The Kier molecular flexibility index (Phi) is 5.24. The van der Waals surface area contributed by atoms with Crippen LogP contribution in [0.3, 0.4) is 0 Å². The van der Waals surface area contributed by atoms with Gasteiger partial charge in [0.05, 0.1) is 6.54 Å². The van der Waals surface area contributed by atoms with Gasteiger partial charge in [-0.2, -0.15) is 0 Å². The predicted molar refractivity (Wildman–Crippen MR) is 102 cm³/mol. The molecule has 4 rings (SSSR count). The molecule has 1 aliphatic carbocycles. The van der Waals surface area contributed by atoms with E-state index in [1.807, 2.05) is 0 Å². The van der Waals surface area contributed by atoms with Gasteiger partial charge in [-0.15, -0.1) is 5.10 Å². The molecule has 11 heteroatoms. The van der Waals surface area contributed by atoms with E-state index in [1.54, 1.807) is 0 Å². The first-order valence-electron chi connectivity index (χ1n) is 9.16. The second-order valence-corrected chi connectivity index (χ2v) is 8.65. The summed E-state index contributed by atoms with van der Waals surface area (Å²) in [6, 6.07) is 7.70. The van der Waals surface area contributed by atoms with Gasteiger partial charge in [-0.1, -0.05) is 0 Å². The van der Waals surface area contributed by atoms with E-state index in [9.17, 15) is 26.4 Å². The molecule has 0 unspecified atom stereocenters. The predicted octanol–water partition coefficient (Wildman–Crippen LogP) is 2.44. The third-order valence-corrected chi connectivity index (χ3v) is 6.18. The molecule has 0 amide bonds. The lowest BCUT2D eigenvalue weighted by atomic mass is 10.2. The van der Waals surface area contributed by atoms with E-state index in [1.165, 1.54) is 28.8 Å². The van der Waals surface area contributed by atoms with Gasteiger partial charge in [0.25, 0.3) is 0 Å². The van der Waals surface area contributed by atoms with Gasteiger partial charge in [0.1, 0.15) is 22.3 Å². The van der Waals surface area contributed by atoms with Gasteiger partial charge in [-0.3, -0.25) is 4.57 Å².